The summed E-state index contributed by atoms with van der Waals surface area (Å²) in [5.41, 5.74) is 3.49. The number of H-pyrrole nitrogens is 1. The van der Waals surface area contributed by atoms with Gasteiger partial charge in [0.15, 0.2) is 0 Å². The van der Waals surface area contributed by atoms with E-state index in [9.17, 15) is 0 Å². The molecular weight excluding hydrogens is 194 g/mol. The number of benzene rings is 1. The first-order valence-electron chi connectivity index (χ1n) is 4.59. The van der Waals surface area contributed by atoms with Crippen LogP contribution in [0.25, 0.3) is 10.9 Å². The highest BCUT2D eigenvalue weighted by molar-refractivity contribution is 6.19. The van der Waals surface area contributed by atoms with Gasteiger partial charge in [0, 0.05) is 23.0 Å². The Morgan fingerprint density at radius 1 is 1.36 bits per heavy atom. The fraction of sp³-hybridized carbons (Fsp3) is 0.167. The van der Waals surface area contributed by atoms with Crippen molar-refractivity contribution < 1.29 is 0 Å². The number of hydrogen-bond acceptors (Lipinski definition) is 0. The molecule has 0 saturated carbocycles. The number of allylic oxidation sites excluding steroid dienone is 1. The highest BCUT2D eigenvalue weighted by Crippen LogP contribution is 2.20. The third-order valence-electron chi connectivity index (χ3n) is 2.30. The highest BCUT2D eigenvalue weighted by Gasteiger charge is 2.03. The smallest absolute Gasteiger partial charge is 0.0456 e. The Hall–Kier alpha value is -1.21. The van der Waals surface area contributed by atoms with Gasteiger partial charge in [0.25, 0.3) is 0 Å². The fourth-order valence-corrected chi connectivity index (χ4v) is 1.69. The minimum atomic E-state index is 0.527. The molecule has 0 radical (unpaired) electrons. The van der Waals surface area contributed by atoms with Crippen LogP contribution in [0.15, 0.2) is 42.6 Å². The summed E-state index contributed by atoms with van der Waals surface area (Å²) in [6, 6.07) is 8.26. The van der Waals surface area contributed by atoms with Crippen LogP contribution < -0.4 is 0 Å². The number of rotatable bonds is 3. The van der Waals surface area contributed by atoms with E-state index in [4.69, 9.17) is 11.6 Å². The molecule has 0 atom stereocenters. The number of aromatic nitrogens is 1. The first kappa shape index (κ1) is 9.35. The van der Waals surface area contributed by atoms with Crippen molar-refractivity contribution in [3.8, 4) is 0 Å². The number of aromatic amines is 1. The van der Waals surface area contributed by atoms with Gasteiger partial charge in [-0.25, -0.2) is 0 Å². The second kappa shape index (κ2) is 3.89. The van der Waals surface area contributed by atoms with Crippen molar-refractivity contribution in [3.63, 3.8) is 0 Å². The number of hydrogen-bond donors (Lipinski definition) is 1. The lowest BCUT2D eigenvalue weighted by Gasteiger charge is -1.99. The largest absolute Gasteiger partial charge is 0.361 e. The SMILES string of the molecule is C=C(CCl)Cc1c[nH]c2ccccc12. The standard InChI is InChI=1S/C12H12ClN/c1-9(7-13)6-10-8-14-12-5-3-2-4-11(10)12/h2-5,8,14H,1,6-7H2. The van der Waals surface area contributed by atoms with E-state index in [0.29, 0.717) is 5.88 Å². The number of nitrogens with one attached hydrogen (secondary N) is 1. The average Bonchev–Trinajstić information content (AvgIpc) is 2.62. The van der Waals surface area contributed by atoms with E-state index in [2.05, 4.69) is 23.7 Å². The minimum absolute atomic E-state index is 0.527. The van der Waals surface area contributed by atoms with Crippen molar-refractivity contribution in [1.82, 2.24) is 4.98 Å². The van der Waals surface area contributed by atoms with Crippen LogP contribution >= 0.6 is 11.6 Å². The molecule has 1 aromatic heterocycles. The molecular formula is C12H12ClN. The van der Waals surface area contributed by atoms with E-state index in [1.807, 2.05) is 18.3 Å². The van der Waals surface area contributed by atoms with Gasteiger partial charge >= 0.3 is 0 Å². The van der Waals surface area contributed by atoms with Crippen LogP contribution in [0, 0.1) is 0 Å². The number of alkyl halides is 1. The summed E-state index contributed by atoms with van der Waals surface area (Å²) in [5, 5.41) is 1.26. The summed E-state index contributed by atoms with van der Waals surface area (Å²) in [4.78, 5) is 3.23. The molecule has 0 bridgehead atoms. The van der Waals surface area contributed by atoms with Crippen LogP contribution in [-0.4, -0.2) is 10.9 Å². The normalized spacial score (nSPS) is 10.6. The molecule has 2 aromatic rings. The number of para-hydroxylation sites is 1. The summed E-state index contributed by atoms with van der Waals surface area (Å²) in [5.74, 6) is 0.527. The quantitative estimate of drug-likeness (QED) is 0.583. The maximum Gasteiger partial charge on any atom is 0.0456 e. The lowest BCUT2D eigenvalue weighted by atomic mass is 10.1. The van der Waals surface area contributed by atoms with Crippen LogP contribution in [-0.2, 0) is 6.42 Å². The number of halogens is 1. The zero-order valence-corrected chi connectivity index (χ0v) is 8.64. The maximum absolute atomic E-state index is 5.71. The van der Waals surface area contributed by atoms with Crippen molar-refractivity contribution in [2.24, 2.45) is 0 Å². The predicted molar refractivity (Wildman–Crippen MR) is 61.9 cm³/mol. The molecule has 72 valence electrons. The Labute approximate surface area is 88.4 Å². The van der Waals surface area contributed by atoms with Crippen molar-refractivity contribution in [2.45, 2.75) is 6.42 Å². The lowest BCUT2D eigenvalue weighted by Crippen LogP contribution is -1.88. The van der Waals surface area contributed by atoms with Gasteiger partial charge in [-0.05, 0) is 18.1 Å². The Morgan fingerprint density at radius 3 is 2.93 bits per heavy atom. The molecule has 0 spiro atoms. The molecule has 14 heavy (non-hydrogen) atoms. The van der Waals surface area contributed by atoms with Crippen molar-refractivity contribution in [3.05, 3.63) is 48.2 Å². The zero-order chi connectivity index (χ0) is 9.97. The molecule has 0 saturated heterocycles. The monoisotopic (exact) mass is 205 g/mol. The number of fused-ring (bicyclic) bond motifs is 1. The van der Waals surface area contributed by atoms with E-state index < -0.39 is 0 Å². The van der Waals surface area contributed by atoms with Gasteiger partial charge in [0.05, 0.1) is 0 Å². The molecule has 0 fully saturated rings. The van der Waals surface area contributed by atoms with Gasteiger partial charge < -0.3 is 4.98 Å². The topological polar surface area (TPSA) is 15.8 Å². The summed E-state index contributed by atoms with van der Waals surface area (Å²) in [7, 11) is 0. The summed E-state index contributed by atoms with van der Waals surface area (Å²) < 4.78 is 0. The van der Waals surface area contributed by atoms with Crippen LogP contribution in [0.1, 0.15) is 5.56 Å². The second-order valence-electron chi connectivity index (χ2n) is 3.42. The van der Waals surface area contributed by atoms with Gasteiger partial charge in [-0.15, -0.1) is 11.6 Å². The van der Waals surface area contributed by atoms with E-state index in [0.717, 1.165) is 12.0 Å². The summed E-state index contributed by atoms with van der Waals surface area (Å²) in [6.45, 7) is 3.91. The molecule has 0 aliphatic carbocycles. The third-order valence-corrected chi connectivity index (χ3v) is 2.68. The maximum atomic E-state index is 5.71. The summed E-state index contributed by atoms with van der Waals surface area (Å²) >= 11 is 5.71. The Balaban J connectivity index is 2.38. The highest BCUT2D eigenvalue weighted by atomic mass is 35.5. The molecule has 0 aliphatic heterocycles. The zero-order valence-electron chi connectivity index (χ0n) is 7.89. The molecule has 0 aliphatic rings. The van der Waals surface area contributed by atoms with Crippen LogP contribution in [0.4, 0.5) is 0 Å². The Morgan fingerprint density at radius 2 is 2.14 bits per heavy atom. The van der Waals surface area contributed by atoms with E-state index >= 15 is 0 Å². The van der Waals surface area contributed by atoms with E-state index in [1.54, 1.807) is 0 Å². The Kier molecular flexibility index (Phi) is 2.60. The Bertz CT molecular complexity index is 456. The third kappa shape index (κ3) is 1.68. The second-order valence-corrected chi connectivity index (χ2v) is 3.69. The predicted octanol–water partition coefficient (Wildman–Crippen LogP) is 3.51. The van der Waals surface area contributed by atoms with E-state index in [1.165, 1.54) is 16.5 Å². The summed E-state index contributed by atoms with van der Waals surface area (Å²) in [6.07, 6.45) is 2.88. The average molecular weight is 206 g/mol. The lowest BCUT2D eigenvalue weighted by molar-refractivity contribution is 1.17. The van der Waals surface area contributed by atoms with Gasteiger partial charge in [0.1, 0.15) is 0 Å². The van der Waals surface area contributed by atoms with Crippen molar-refractivity contribution in [1.29, 1.82) is 0 Å². The fourth-order valence-electron chi connectivity index (χ4n) is 1.59. The molecule has 1 nitrogen and oxygen atoms in total. The van der Waals surface area contributed by atoms with Crippen LogP contribution in [0.5, 0.6) is 0 Å². The van der Waals surface area contributed by atoms with Gasteiger partial charge in [0.2, 0.25) is 0 Å². The van der Waals surface area contributed by atoms with Crippen LogP contribution in [0.2, 0.25) is 0 Å². The van der Waals surface area contributed by atoms with Crippen LogP contribution in [0.3, 0.4) is 0 Å². The first-order chi connectivity index (χ1) is 6.81. The molecule has 0 amide bonds. The first-order valence-corrected chi connectivity index (χ1v) is 5.12. The molecule has 1 aromatic carbocycles. The van der Waals surface area contributed by atoms with Gasteiger partial charge in [-0.1, -0.05) is 30.4 Å². The van der Waals surface area contributed by atoms with Gasteiger partial charge in [-0.3, -0.25) is 0 Å². The van der Waals surface area contributed by atoms with Crippen molar-refractivity contribution >= 4 is 22.5 Å². The van der Waals surface area contributed by atoms with E-state index in [-0.39, 0.29) is 0 Å². The van der Waals surface area contributed by atoms with Gasteiger partial charge in [-0.2, -0.15) is 0 Å². The van der Waals surface area contributed by atoms with Crippen molar-refractivity contribution in [2.75, 3.05) is 5.88 Å². The molecule has 0 unspecified atom stereocenters. The molecule has 1 N–H and O–H groups in total. The molecule has 2 heteroatoms. The molecule has 2 rings (SSSR count). The minimum Gasteiger partial charge on any atom is -0.361 e. The molecule has 1 heterocycles.